The quantitative estimate of drug-likeness (QED) is 0.416. The van der Waals surface area contributed by atoms with E-state index in [9.17, 15) is 0 Å². The van der Waals surface area contributed by atoms with Crippen molar-refractivity contribution in [3.05, 3.63) is 0 Å². The van der Waals surface area contributed by atoms with E-state index < -0.39 is 0 Å². The fourth-order valence-corrected chi connectivity index (χ4v) is 1.24. The van der Waals surface area contributed by atoms with E-state index in [1.165, 1.54) is 6.42 Å². The van der Waals surface area contributed by atoms with Crippen molar-refractivity contribution in [2.24, 2.45) is 0 Å². The minimum absolute atomic E-state index is 0.680. The Morgan fingerprint density at radius 3 is 1.93 bits per heavy atom. The van der Waals surface area contributed by atoms with E-state index in [1.807, 2.05) is 6.92 Å². The van der Waals surface area contributed by atoms with Gasteiger partial charge in [-0.3, -0.25) is 0 Å². The molecule has 0 fully saturated rings. The van der Waals surface area contributed by atoms with Gasteiger partial charge in [0.05, 0.1) is 19.8 Å². The van der Waals surface area contributed by atoms with Crippen LogP contribution in [0.2, 0.25) is 0 Å². The third-order valence-corrected chi connectivity index (χ3v) is 2.07. The summed E-state index contributed by atoms with van der Waals surface area (Å²) in [4.78, 5) is 0. The fourth-order valence-electron chi connectivity index (χ4n) is 1.12. The van der Waals surface area contributed by atoms with Crippen LogP contribution in [0.15, 0.2) is 0 Å². The van der Waals surface area contributed by atoms with Crippen LogP contribution in [0.1, 0.15) is 26.2 Å². The lowest BCUT2D eigenvalue weighted by Gasteiger charge is -2.05. The van der Waals surface area contributed by atoms with Crippen molar-refractivity contribution in [1.82, 2.24) is 0 Å². The maximum Gasteiger partial charge on any atom is 0.0700 e. The van der Waals surface area contributed by atoms with Gasteiger partial charge in [-0.15, -0.1) is 0 Å². The highest BCUT2D eigenvalue weighted by molar-refractivity contribution is 7.80. The minimum Gasteiger partial charge on any atom is -0.382 e. The number of unbranched alkanes of at least 4 members (excludes halogenated alkanes) is 2. The second-order valence-electron chi connectivity index (χ2n) is 3.21. The van der Waals surface area contributed by atoms with Crippen LogP contribution in [0.4, 0.5) is 0 Å². The Kier molecular flexibility index (Phi) is 14.4. The van der Waals surface area contributed by atoms with Gasteiger partial charge in [0, 0.05) is 25.6 Å². The zero-order valence-electron chi connectivity index (χ0n) is 9.74. The predicted molar refractivity (Wildman–Crippen MR) is 65.8 cm³/mol. The molecule has 0 amide bonds. The molecule has 3 nitrogen and oxygen atoms in total. The summed E-state index contributed by atoms with van der Waals surface area (Å²) in [5.41, 5.74) is 0. The summed E-state index contributed by atoms with van der Waals surface area (Å²) in [6.07, 6.45) is 3.42. The van der Waals surface area contributed by atoms with Crippen molar-refractivity contribution < 1.29 is 14.2 Å². The average Bonchev–Trinajstić information content (AvgIpc) is 2.26. The highest BCUT2D eigenvalue weighted by Gasteiger charge is 1.91. The fraction of sp³-hybridized carbons (Fsp3) is 1.00. The molecule has 92 valence electrons. The summed E-state index contributed by atoms with van der Waals surface area (Å²) in [5, 5.41) is 0. The van der Waals surface area contributed by atoms with Crippen LogP contribution in [0, 0.1) is 0 Å². The number of hydrogen-bond donors (Lipinski definition) is 1. The Labute approximate surface area is 98.9 Å². The standard InChI is InChI=1S/C11H24O3S/c1-2-12-6-4-3-5-7-13-8-9-14-10-11-15/h15H,2-11H2,1H3. The second-order valence-corrected chi connectivity index (χ2v) is 3.65. The van der Waals surface area contributed by atoms with Gasteiger partial charge < -0.3 is 14.2 Å². The summed E-state index contributed by atoms with van der Waals surface area (Å²) in [7, 11) is 0. The predicted octanol–water partition coefficient (Wildman–Crippen LogP) is 2.16. The molecule has 0 saturated carbocycles. The van der Waals surface area contributed by atoms with Crippen LogP contribution in [0.3, 0.4) is 0 Å². The van der Waals surface area contributed by atoms with Gasteiger partial charge in [-0.25, -0.2) is 0 Å². The molecule has 0 atom stereocenters. The van der Waals surface area contributed by atoms with Crippen molar-refractivity contribution in [3.63, 3.8) is 0 Å². The Morgan fingerprint density at radius 2 is 1.33 bits per heavy atom. The van der Waals surface area contributed by atoms with Crippen molar-refractivity contribution in [1.29, 1.82) is 0 Å². The molecular weight excluding hydrogens is 212 g/mol. The van der Waals surface area contributed by atoms with E-state index >= 15 is 0 Å². The molecular formula is C11H24O3S. The number of hydrogen-bond acceptors (Lipinski definition) is 4. The summed E-state index contributed by atoms with van der Waals surface area (Å²) in [6.45, 7) is 6.63. The normalized spacial score (nSPS) is 10.8. The molecule has 0 heterocycles. The lowest BCUT2D eigenvalue weighted by molar-refractivity contribution is 0.0514. The van der Waals surface area contributed by atoms with Crippen molar-refractivity contribution >= 4 is 12.6 Å². The highest BCUT2D eigenvalue weighted by atomic mass is 32.1. The van der Waals surface area contributed by atoms with Crippen molar-refractivity contribution in [2.75, 3.05) is 45.4 Å². The molecule has 0 aromatic carbocycles. The van der Waals surface area contributed by atoms with Crippen molar-refractivity contribution in [3.8, 4) is 0 Å². The molecule has 0 N–H and O–H groups in total. The van der Waals surface area contributed by atoms with E-state index in [2.05, 4.69) is 12.6 Å². The molecule has 0 rings (SSSR count). The Bertz CT molecular complexity index is 100. The largest absolute Gasteiger partial charge is 0.382 e. The number of rotatable bonds is 12. The van der Waals surface area contributed by atoms with Gasteiger partial charge in [-0.2, -0.15) is 12.6 Å². The summed E-state index contributed by atoms with van der Waals surface area (Å²) in [5.74, 6) is 0.775. The SMILES string of the molecule is CCOCCCCCOCCOCCS. The van der Waals surface area contributed by atoms with Crippen LogP contribution in [0.5, 0.6) is 0 Å². The smallest absolute Gasteiger partial charge is 0.0700 e. The van der Waals surface area contributed by atoms with Crippen LogP contribution < -0.4 is 0 Å². The zero-order valence-corrected chi connectivity index (χ0v) is 10.6. The Hall–Kier alpha value is 0.230. The van der Waals surface area contributed by atoms with Gasteiger partial charge in [0.1, 0.15) is 0 Å². The Balaban J connectivity index is 2.81. The third kappa shape index (κ3) is 14.2. The molecule has 4 heteroatoms. The molecule has 0 unspecified atom stereocenters. The van der Waals surface area contributed by atoms with Gasteiger partial charge >= 0.3 is 0 Å². The molecule has 0 aromatic heterocycles. The highest BCUT2D eigenvalue weighted by Crippen LogP contribution is 1.96. The van der Waals surface area contributed by atoms with Crippen LogP contribution in [-0.2, 0) is 14.2 Å². The summed E-state index contributed by atoms with van der Waals surface area (Å²) >= 11 is 4.04. The first-order valence-corrected chi connectivity index (χ1v) is 6.39. The molecule has 0 radical (unpaired) electrons. The van der Waals surface area contributed by atoms with Gasteiger partial charge in [-0.05, 0) is 26.2 Å². The van der Waals surface area contributed by atoms with Gasteiger partial charge in [-0.1, -0.05) is 0 Å². The summed E-state index contributed by atoms with van der Waals surface area (Å²) < 4.78 is 15.9. The van der Waals surface area contributed by atoms with E-state index in [1.54, 1.807) is 0 Å². The zero-order chi connectivity index (χ0) is 11.2. The first-order chi connectivity index (χ1) is 7.41. The molecule has 15 heavy (non-hydrogen) atoms. The van der Waals surface area contributed by atoms with E-state index in [0.717, 1.165) is 38.4 Å². The molecule has 0 saturated heterocycles. The first-order valence-electron chi connectivity index (χ1n) is 5.76. The molecule has 0 aliphatic carbocycles. The molecule has 0 aromatic rings. The molecule has 0 bridgehead atoms. The maximum atomic E-state index is 5.40. The lowest BCUT2D eigenvalue weighted by atomic mass is 10.2. The molecule has 0 spiro atoms. The maximum absolute atomic E-state index is 5.40. The second kappa shape index (κ2) is 14.2. The number of ether oxygens (including phenoxy) is 3. The van der Waals surface area contributed by atoms with E-state index in [0.29, 0.717) is 19.8 Å². The van der Waals surface area contributed by atoms with Crippen LogP contribution in [-0.4, -0.2) is 45.4 Å². The van der Waals surface area contributed by atoms with Crippen molar-refractivity contribution in [2.45, 2.75) is 26.2 Å². The van der Waals surface area contributed by atoms with Crippen LogP contribution in [0.25, 0.3) is 0 Å². The van der Waals surface area contributed by atoms with E-state index in [4.69, 9.17) is 14.2 Å². The first kappa shape index (κ1) is 15.2. The third-order valence-electron chi connectivity index (χ3n) is 1.89. The minimum atomic E-state index is 0.680. The van der Waals surface area contributed by atoms with Gasteiger partial charge in [0.15, 0.2) is 0 Å². The van der Waals surface area contributed by atoms with Gasteiger partial charge in [0.2, 0.25) is 0 Å². The number of thiol groups is 1. The monoisotopic (exact) mass is 236 g/mol. The average molecular weight is 236 g/mol. The molecule has 0 aliphatic heterocycles. The van der Waals surface area contributed by atoms with E-state index in [-0.39, 0.29) is 0 Å². The lowest BCUT2D eigenvalue weighted by Crippen LogP contribution is -2.06. The summed E-state index contributed by atoms with van der Waals surface area (Å²) in [6, 6.07) is 0. The topological polar surface area (TPSA) is 27.7 Å². The molecule has 0 aliphatic rings. The van der Waals surface area contributed by atoms with Gasteiger partial charge in [0.25, 0.3) is 0 Å². The Morgan fingerprint density at radius 1 is 0.733 bits per heavy atom. The van der Waals surface area contributed by atoms with Crippen LogP contribution >= 0.6 is 12.6 Å².